The Bertz CT molecular complexity index is 713. The van der Waals surface area contributed by atoms with E-state index in [0.29, 0.717) is 13.1 Å². The predicted molar refractivity (Wildman–Crippen MR) is 82.5 cm³/mol. The highest BCUT2D eigenvalue weighted by atomic mass is 79.9. The summed E-state index contributed by atoms with van der Waals surface area (Å²) in [5, 5.41) is 2.36. The molecular formula is C14H14BrNO2S. The molecule has 1 heterocycles. The molecule has 0 N–H and O–H groups in total. The first-order valence-electron chi connectivity index (χ1n) is 6.18. The predicted octanol–water partition coefficient (Wildman–Crippen LogP) is 2.84. The minimum Gasteiger partial charge on any atom is -0.369 e. The fraction of sp³-hybridized carbons (Fsp3) is 0.286. The van der Waals surface area contributed by atoms with Crippen molar-refractivity contribution >= 4 is 42.2 Å². The van der Waals surface area contributed by atoms with Crippen molar-refractivity contribution in [3.05, 3.63) is 40.9 Å². The first-order chi connectivity index (χ1) is 9.03. The molecule has 1 fully saturated rings. The molecule has 100 valence electrons. The van der Waals surface area contributed by atoms with Gasteiger partial charge in [0.15, 0.2) is 9.84 Å². The van der Waals surface area contributed by atoms with Crippen molar-refractivity contribution in [3.63, 3.8) is 0 Å². The number of fused-ring (bicyclic) bond motifs is 1. The lowest BCUT2D eigenvalue weighted by atomic mass is 10.1. The number of halogens is 1. The summed E-state index contributed by atoms with van der Waals surface area (Å²) in [6.07, 6.45) is 0. The fourth-order valence-corrected chi connectivity index (χ4v) is 3.95. The second kappa shape index (κ2) is 4.80. The maximum atomic E-state index is 11.4. The van der Waals surface area contributed by atoms with Gasteiger partial charge >= 0.3 is 0 Å². The minimum atomic E-state index is -2.82. The first kappa shape index (κ1) is 12.9. The minimum absolute atomic E-state index is 0.255. The average Bonchev–Trinajstić information content (AvgIpc) is 2.38. The molecule has 19 heavy (non-hydrogen) atoms. The van der Waals surface area contributed by atoms with Crippen LogP contribution in [0.3, 0.4) is 0 Å². The van der Waals surface area contributed by atoms with Gasteiger partial charge in [-0.3, -0.25) is 0 Å². The molecule has 5 heteroatoms. The Morgan fingerprint density at radius 2 is 1.58 bits per heavy atom. The molecule has 0 aliphatic carbocycles. The zero-order valence-corrected chi connectivity index (χ0v) is 12.7. The molecular weight excluding hydrogens is 326 g/mol. The van der Waals surface area contributed by atoms with E-state index in [1.807, 2.05) is 6.07 Å². The summed E-state index contributed by atoms with van der Waals surface area (Å²) in [4.78, 5) is 2.14. The zero-order chi connectivity index (χ0) is 13.5. The first-order valence-corrected chi connectivity index (χ1v) is 8.80. The van der Waals surface area contributed by atoms with Crippen LogP contribution in [0.1, 0.15) is 0 Å². The summed E-state index contributed by atoms with van der Waals surface area (Å²) >= 11 is 3.46. The van der Waals surface area contributed by atoms with E-state index in [2.05, 4.69) is 51.2 Å². The van der Waals surface area contributed by atoms with Crippen molar-refractivity contribution in [1.82, 2.24) is 0 Å². The molecule has 0 aromatic heterocycles. The second-order valence-electron chi connectivity index (χ2n) is 4.81. The van der Waals surface area contributed by atoms with E-state index in [0.717, 1.165) is 10.2 Å². The van der Waals surface area contributed by atoms with Gasteiger partial charge in [-0.1, -0.05) is 28.1 Å². The smallest absolute Gasteiger partial charge is 0.153 e. The van der Waals surface area contributed by atoms with E-state index in [1.165, 1.54) is 10.8 Å². The largest absolute Gasteiger partial charge is 0.369 e. The van der Waals surface area contributed by atoms with Crippen molar-refractivity contribution in [2.75, 3.05) is 29.5 Å². The van der Waals surface area contributed by atoms with Gasteiger partial charge in [0, 0.05) is 23.2 Å². The topological polar surface area (TPSA) is 37.4 Å². The number of hydrogen-bond acceptors (Lipinski definition) is 3. The molecule has 0 unspecified atom stereocenters. The number of nitrogens with zero attached hydrogens (tertiary/aromatic N) is 1. The van der Waals surface area contributed by atoms with Crippen LogP contribution in [0.25, 0.3) is 10.8 Å². The standard InChI is InChI=1S/C14H14BrNO2S/c15-13-3-1-12-10-14(4-2-11(12)9-13)16-5-7-19(17,18)8-6-16/h1-4,9-10H,5-8H2. The van der Waals surface area contributed by atoms with Gasteiger partial charge in [0.05, 0.1) is 11.5 Å². The van der Waals surface area contributed by atoms with Gasteiger partial charge in [0.25, 0.3) is 0 Å². The van der Waals surface area contributed by atoms with Crippen LogP contribution in [0.2, 0.25) is 0 Å². The van der Waals surface area contributed by atoms with E-state index in [9.17, 15) is 8.42 Å². The molecule has 0 spiro atoms. The van der Waals surface area contributed by atoms with Gasteiger partial charge in [-0.05, 0) is 35.0 Å². The van der Waals surface area contributed by atoms with E-state index >= 15 is 0 Å². The number of hydrogen-bond donors (Lipinski definition) is 0. The van der Waals surface area contributed by atoms with Crippen LogP contribution in [0.15, 0.2) is 40.9 Å². The van der Waals surface area contributed by atoms with Crippen LogP contribution in [0, 0.1) is 0 Å². The average molecular weight is 340 g/mol. The van der Waals surface area contributed by atoms with Gasteiger partial charge in [-0.15, -0.1) is 0 Å². The van der Waals surface area contributed by atoms with Crippen molar-refractivity contribution in [1.29, 1.82) is 0 Å². The highest BCUT2D eigenvalue weighted by molar-refractivity contribution is 9.10. The van der Waals surface area contributed by atoms with Crippen LogP contribution >= 0.6 is 15.9 Å². The summed E-state index contributed by atoms with van der Waals surface area (Å²) in [5.74, 6) is 0.511. The van der Waals surface area contributed by atoms with Gasteiger partial charge in [-0.2, -0.15) is 0 Å². The summed E-state index contributed by atoms with van der Waals surface area (Å²) in [6, 6.07) is 12.4. The Balaban J connectivity index is 1.92. The summed E-state index contributed by atoms with van der Waals surface area (Å²) in [7, 11) is -2.82. The number of rotatable bonds is 1. The van der Waals surface area contributed by atoms with Gasteiger partial charge in [-0.25, -0.2) is 8.42 Å². The monoisotopic (exact) mass is 339 g/mol. The van der Waals surface area contributed by atoms with Crippen molar-refractivity contribution < 1.29 is 8.42 Å². The van der Waals surface area contributed by atoms with Gasteiger partial charge in [0.1, 0.15) is 0 Å². The molecule has 0 atom stereocenters. The molecule has 0 radical (unpaired) electrons. The lowest BCUT2D eigenvalue weighted by molar-refractivity contribution is 0.587. The third-order valence-corrected chi connectivity index (χ3v) is 5.60. The maximum absolute atomic E-state index is 11.4. The maximum Gasteiger partial charge on any atom is 0.153 e. The SMILES string of the molecule is O=S1(=O)CCN(c2ccc3cc(Br)ccc3c2)CC1. The van der Waals surface area contributed by atoms with Crippen LogP contribution < -0.4 is 4.90 Å². The summed E-state index contributed by atoms with van der Waals surface area (Å²) in [6.45, 7) is 1.18. The van der Waals surface area contributed by atoms with Crippen molar-refractivity contribution in [2.45, 2.75) is 0 Å². The number of benzene rings is 2. The quantitative estimate of drug-likeness (QED) is 0.801. The summed E-state index contributed by atoms with van der Waals surface area (Å²) < 4.78 is 24.0. The lowest BCUT2D eigenvalue weighted by Crippen LogP contribution is -2.40. The van der Waals surface area contributed by atoms with E-state index in [4.69, 9.17) is 0 Å². The second-order valence-corrected chi connectivity index (χ2v) is 8.03. The highest BCUT2D eigenvalue weighted by Crippen LogP contribution is 2.25. The highest BCUT2D eigenvalue weighted by Gasteiger charge is 2.21. The van der Waals surface area contributed by atoms with E-state index < -0.39 is 9.84 Å². The van der Waals surface area contributed by atoms with Gasteiger partial charge < -0.3 is 4.90 Å². The number of anilines is 1. The Morgan fingerprint density at radius 1 is 0.947 bits per heavy atom. The molecule has 1 saturated heterocycles. The van der Waals surface area contributed by atoms with Crippen LogP contribution in [0.4, 0.5) is 5.69 Å². The number of sulfone groups is 1. The summed E-state index contributed by atoms with van der Waals surface area (Å²) in [5.41, 5.74) is 1.10. The fourth-order valence-electron chi connectivity index (χ4n) is 2.37. The third kappa shape index (κ3) is 2.77. The van der Waals surface area contributed by atoms with Crippen molar-refractivity contribution in [3.8, 4) is 0 Å². The molecule has 3 rings (SSSR count). The van der Waals surface area contributed by atoms with Crippen LogP contribution in [-0.4, -0.2) is 33.0 Å². The third-order valence-electron chi connectivity index (χ3n) is 3.50. The van der Waals surface area contributed by atoms with E-state index in [-0.39, 0.29) is 11.5 Å². The van der Waals surface area contributed by atoms with E-state index in [1.54, 1.807) is 0 Å². The van der Waals surface area contributed by atoms with Gasteiger partial charge in [0.2, 0.25) is 0 Å². The normalized spacial score (nSPS) is 18.7. The molecule has 3 nitrogen and oxygen atoms in total. The van der Waals surface area contributed by atoms with Crippen LogP contribution in [-0.2, 0) is 9.84 Å². The molecule has 0 saturated carbocycles. The Kier molecular flexibility index (Phi) is 3.27. The molecule has 0 bridgehead atoms. The Morgan fingerprint density at radius 3 is 2.32 bits per heavy atom. The van der Waals surface area contributed by atoms with Crippen LogP contribution in [0.5, 0.6) is 0 Å². The lowest BCUT2D eigenvalue weighted by Gasteiger charge is -2.29. The molecule has 1 aliphatic heterocycles. The Labute approximate surface area is 121 Å². The molecule has 0 amide bonds. The zero-order valence-electron chi connectivity index (χ0n) is 10.3. The molecule has 2 aromatic rings. The molecule has 2 aromatic carbocycles. The van der Waals surface area contributed by atoms with Crippen molar-refractivity contribution in [2.24, 2.45) is 0 Å². The Hall–Kier alpha value is -1.07. The molecule has 1 aliphatic rings.